The molecule has 0 saturated heterocycles. The van der Waals surface area contributed by atoms with Crippen molar-refractivity contribution in [3.8, 4) is 0 Å². The molecule has 102 valence electrons. The smallest absolute Gasteiger partial charge is 0.269 e. The van der Waals surface area contributed by atoms with Gasteiger partial charge in [-0.1, -0.05) is 20.8 Å². The third-order valence-corrected chi connectivity index (χ3v) is 3.28. The van der Waals surface area contributed by atoms with Crippen molar-refractivity contribution in [2.75, 3.05) is 11.4 Å². The summed E-state index contributed by atoms with van der Waals surface area (Å²) >= 11 is 0. The second-order valence-corrected chi connectivity index (χ2v) is 5.88. The van der Waals surface area contributed by atoms with Crippen molar-refractivity contribution in [1.82, 2.24) is 0 Å². The molecular weight excluding hydrogens is 244 g/mol. The first-order valence-electron chi connectivity index (χ1n) is 6.40. The Balaban J connectivity index is 2.40. The number of aryl methyl sites for hydroxylation is 1. The van der Waals surface area contributed by atoms with Crippen molar-refractivity contribution in [1.29, 1.82) is 0 Å². The molecule has 1 amide bonds. The van der Waals surface area contributed by atoms with E-state index in [9.17, 15) is 14.9 Å². The lowest BCUT2D eigenvalue weighted by Gasteiger charge is -2.34. The Bertz CT molecular complexity index is 532. The van der Waals surface area contributed by atoms with Gasteiger partial charge < -0.3 is 4.90 Å². The molecule has 0 aliphatic carbocycles. The van der Waals surface area contributed by atoms with E-state index >= 15 is 0 Å². The van der Waals surface area contributed by atoms with Crippen molar-refractivity contribution >= 4 is 17.3 Å². The highest BCUT2D eigenvalue weighted by Crippen LogP contribution is 2.33. The molecule has 0 unspecified atom stereocenters. The number of nitro groups is 1. The molecule has 0 atom stereocenters. The van der Waals surface area contributed by atoms with Crippen molar-refractivity contribution in [3.05, 3.63) is 33.9 Å². The largest absolute Gasteiger partial charge is 0.312 e. The van der Waals surface area contributed by atoms with Crippen LogP contribution in [-0.2, 0) is 11.2 Å². The number of fused-ring (bicyclic) bond motifs is 1. The normalized spacial score (nSPS) is 15.0. The van der Waals surface area contributed by atoms with Crippen molar-refractivity contribution in [2.24, 2.45) is 5.41 Å². The Morgan fingerprint density at radius 2 is 2.05 bits per heavy atom. The summed E-state index contributed by atoms with van der Waals surface area (Å²) in [7, 11) is 0. The summed E-state index contributed by atoms with van der Waals surface area (Å²) in [5.74, 6) is 0.0577. The van der Waals surface area contributed by atoms with Crippen LogP contribution < -0.4 is 4.90 Å². The van der Waals surface area contributed by atoms with Gasteiger partial charge in [-0.3, -0.25) is 14.9 Å². The maximum absolute atomic E-state index is 12.4. The minimum Gasteiger partial charge on any atom is -0.312 e. The highest BCUT2D eigenvalue weighted by atomic mass is 16.6. The maximum atomic E-state index is 12.4. The predicted octanol–water partition coefficient (Wildman–Crippen LogP) is 2.92. The number of nitro benzene ring substituents is 1. The van der Waals surface area contributed by atoms with Gasteiger partial charge in [0.2, 0.25) is 5.91 Å². The average molecular weight is 262 g/mol. The van der Waals surface area contributed by atoms with E-state index in [4.69, 9.17) is 0 Å². The molecule has 0 radical (unpaired) electrons. The van der Waals surface area contributed by atoms with Gasteiger partial charge in [-0.15, -0.1) is 0 Å². The number of rotatable bonds is 1. The number of amides is 1. The third-order valence-electron chi connectivity index (χ3n) is 3.28. The van der Waals surface area contributed by atoms with Crippen LogP contribution in [0.2, 0.25) is 0 Å². The van der Waals surface area contributed by atoms with E-state index in [2.05, 4.69) is 0 Å². The van der Waals surface area contributed by atoms with E-state index in [-0.39, 0.29) is 11.6 Å². The van der Waals surface area contributed by atoms with Crippen LogP contribution in [0.4, 0.5) is 11.4 Å². The number of nitrogens with zero attached hydrogens (tertiary/aromatic N) is 2. The average Bonchev–Trinajstić information content (AvgIpc) is 2.35. The molecule has 1 heterocycles. The molecule has 1 aromatic carbocycles. The molecule has 1 aromatic rings. The zero-order valence-corrected chi connectivity index (χ0v) is 11.5. The van der Waals surface area contributed by atoms with Crippen LogP contribution in [0.1, 0.15) is 32.8 Å². The van der Waals surface area contributed by atoms with Gasteiger partial charge in [0.05, 0.1) is 4.92 Å². The fraction of sp³-hybridized carbons (Fsp3) is 0.500. The molecule has 0 bridgehead atoms. The van der Waals surface area contributed by atoms with Gasteiger partial charge >= 0.3 is 0 Å². The topological polar surface area (TPSA) is 63.5 Å². The first-order chi connectivity index (χ1) is 8.80. The molecule has 5 heteroatoms. The van der Waals surface area contributed by atoms with Crippen molar-refractivity contribution in [2.45, 2.75) is 33.6 Å². The van der Waals surface area contributed by atoms with Crippen LogP contribution in [-0.4, -0.2) is 17.4 Å². The fourth-order valence-corrected chi connectivity index (χ4v) is 2.31. The summed E-state index contributed by atoms with van der Waals surface area (Å²) in [6.07, 6.45) is 1.63. The third kappa shape index (κ3) is 2.59. The quantitative estimate of drug-likeness (QED) is 0.577. The molecule has 0 aromatic heterocycles. The summed E-state index contributed by atoms with van der Waals surface area (Å²) in [6.45, 7) is 6.33. The lowest BCUT2D eigenvalue weighted by atomic mass is 9.92. The number of anilines is 1. The maximum Gasteiger partial charge on any atom is 0.269 e. The van der Waals surface area contributed by atoms with E-state index < -0.39 is 10.3 Å². The summed E-state index contributed by atoms with van der Waals surface area (Å²) < 4.78 is 0. The molecular formula is C14H18N2O3. The predicted molar refractivity (Wildman–Crippen MR) is 73.2 cm³/mol. The van der Waals surface area contributed by atoms with Crippen LogP contribution in [0.3, 0.4) is 0 Å². The zero-order chi connectivity index (χ0) is 14.2. The van der Waals surface area contributed by atoms with E-state index in [1.807, 2.05) is 20.8 Å². The van der Waals surface area contributed by atoms with Crippen LogP contribution in [0, 0.1) is 15.5 Å². The molecule has 1 aliphatic rings. The Labute approximate surface area is 112 Å². The van der Waals surface area contributed by atoms with Crippen molar-refractivity contribution < 1.29 is 9.72 Å². The Kier molecular flexibility index (Phi) is 3.30. The highest BCUT2D eigenvalue weighted by Gasteiger charge is 2.31. The standard InChI is InChI=1S/C14H18N2O3/c1-14(2,3)13(17)15-8-4-5-10-9-11(16(18)19)6-7-12(10)15/h6-7,9H,4-5,8H2,1-3H3. The fourth-order valence-electron chi connectivity index (χ4n) is 2.31. The monoisotopic (exact) mass is 262 g/mol. The van der Waals surface area contributed by atoms with E-state index in [1.165, 1.54) is 6.07 Å². The molecule has 0 N–H and O–H groups in total. The number of hydrogen-bond donors (Lipinski definition) is 0. The van der Waals surface area contributed by atoms with Gasteiger partial charge in [-0.25, -0.2) is 0 Å². The van der Waals surface area contributed by atoms with Gasteiger partial charge in [0.1, 0.15) is 0 Å². The summed E-state index contributed by atoms with van der Waals surface area (Å²) in [5.41, 5.74) is 1.34. The van der Waals surface area contributed by atoms with Gasteiger partial charge in [0, 0.05) is 29.8 Å². The molecule has 0 saturated carbocycles. The van der Waals surface area contributed by atoms with E-state index in [0.29, 0.717) is 6.54 Å². The molecule has 0 spiro atoms. The summed E-state index contributed by atoms with van der Waals surface area (Å²) in [6, 6.07) is 4.74. The Hall–Kier alpha value is -1.91. The Morgan fingerprint density at radius 1 is 1.37 bits per heavy atom. The zero-order valence-electron chi connectivity index (χ0n) is 11.5. The minimum atomic E-state index is -0.448. The second-order valence-electron chi connectivity index (χ2n) is 5.88. The van der Waals surface area contributed by atoms with Crippen LogP contribution in [0.15, 0.2) is 18.2 Å². The second kappa shape index (κ2) is 4.64. The van der Waals surface area contributed by atoms with Crippen LogP contribution in [0.25, 0.3) is 0 Å². The number of hydrogen-bond acceptors (Lipinski definition) is 3. The van der Waals surface area contributed by atoms with E-state index in [0.717, 1.165) is 24.1 Å². The van der Waals surface area contributed by atoms with Crippen LogP contribution in [0.5, 0.6) is 0 Å². The minimum absolute atomic E-state index is 0.0577. The van der Waals surface area contributed by atoms with Crippen LogP contribution >= 0.6 is 0 Å². The molecule has 5 nitrogen and oxygen atoms in total. The number of carbonyl (C=O) groups is 1. The van der Waals surface area contributed by atoms with Crippen molar-refractivity contribution in [3.63, 3.8) is 0 Å². The van der Waals surface area contributed by atoms with Gasteiger partial charge in [0.15, 0.2) is 0 Å². The first kappa shape index (κ1) is 13.5. The first-order valence-corrected chi connectivity index (χ1v) is 6.40. The lowest BCUT2D eigenvalue weighted by Crippen LogP contribution is -2.42. The summed E-state index contributed by atoms with van der Waals surface area (Å²) in [5, 5.41) is 10.8. The summed E-state index contributed by atoms with van der Waals surface area (Å²) in [4.78, 5) is 24.5. The number of carbonyl (C=O) groups excluding carboxylic acids is 1. The van der Waals surface area contributed by atoms with Gasteiger partial charge in [-0.05, 0) is 24.5 Å². The highest BCUT2D eigenvalue weighted by molar-refractivity contribution is 5.98. The molecule has 0 fully saturated rings. The Morgan fingerprint density at radius 3 is 2.63 bits per heavy atom. The SMILES string of the molecule is CC(C)(C)C(=O)N1CCCc2cc([N+](=O)[O-])ccc21. The lowest BCUT2D eigenvalue weighted by molar-refractivity contribution is -0.384. The number of benzene rings is 1. The number of non-ortho nitro benzene ring substituents is 1. The molecule has 1 aliphatic heterocycles. The van der Waals surface area contributed by atoms with E-state index in [1.54, 1.807) is 17.0 Å². The van der Waals surface area contributed by atoms with Gasteiger partial charge in [0.25, 0.3) is 5.69 Å². The molecule has 2 rings (SSSR count). The van der Waals surface area contributed by atoms with Gasteiger partial charge in [-0.2, -0.15) is 0 Å². The molecule has 19 heavy (non-hydrogen) atoms.